The number of rotatable bonds is 2. The van der Waals surface area contributed by atoms with E-state index in [4.69, 9.17) is 10.0 Å². The van der Waals surface area contributed by atoms with E-state index in [0.717, 1.165) is 4.90 Å². The van der Waals surface area contributed by atoms with Crippen molar-refractivity contribution in [3.05, 3.63) is 59.7 Å². The molecule has 0 unspecified atom stereocenters. The van der Waals surface area contributed by atoms with Crippen LogP contribution in [0.5, 0.6) is 0 Å². The van der Waals surface area contributed by atoms with Crippen LogP contribution in [0.1, 0.15) is 20.7 Å². The molecular formula is C14H10BNO4. The Morgan fingerprint density at radius 1 is 0.850 bits per heavy atom. The van der Waals surface area contributed by atoms with E-state index in [0.29, 0.717) is 16.8 Å². The lowest BCUT2D eigenvalue weighted by Gasteiger charge is -2.14. The largest absolute Gasteiger partial charge is 0.488 e. The van der Waals surface area contributed by atoms with E-state index in [2.05, 4.69) is 0 Å². The van der Waals surface area contributed by atoms with Gasteiger partial charge >= 0.3 is 7.12 Å². The smallest absolute Gasteiger partial charge is 0.423 e. The highest BCUT2D eigenvalue weighted by molar-refractivity contribution is 6.58. The van der Waals surface area contributed by atoms with Crippen LogP contribution in [0.2, 0.25) is 0 Å². The van der Waals surface area contributed by atoms with Crippen LogP contribution in [0.3, 0.4) is 0 Å². The third-order valence-electron chi connectivity index (χ3n) is 3.22. The molecule has 0 spiro atoms. The number of fused-ring (bicyclic) bond motifs is 1. The zero-order valence-corrected chi connectivity index (χ0v) is 10.4. The summed E-state index contributed by atoms with van der Waals surface area (Å²) in [4.78, 5) is 25.6. The van der Waals surface area contributed by atoms with Crippen LogP contribution in [0.25, 0.3) is 0 Å². The fourth-order valence-corrected chi connectivity index (χ4v) is 2.25. The zero-order valence-electron chi connectivity index (χ0n) is 10.4. The summed E-state index contributed by atoms with van der Waals surface area (Å²) in [5.41, 5.74) is 1.25. The minimum Gasteiger partial charge on any atom is -0.423 e. The minimum absolute atomic E-state index is 0.221. The second-order valence-electron chi connectivity index (χ2n) is 4.46. The monoisotopic (exact) mass is 267 g/mol. The van der Waals surface area contributed by atoms with E-state index in [1.54, 1.807) is 36.4 Å². The zero-order chi connectivity index (χ0) is 14.3. The first-order chi connectivity index (χ1) is 9.59. The van der Waals surface area contributed by atoms with Crippen LogP contribution in [0, 0.1) is 0 Å². The summed E-state index contributed by atoms with van der Waals surface area (Å²) in [6, 6.07) is 12.6. The van der Waals surface area contributed by atoms with Gasteiger partial charge in [0.25, 0.3) is 11.8 Å². The lowest BCUT2D eigenvalue weighted by Crippen LogP contribution is -2.33. The number of nitrogens with zero attached hydrogens (tertiary/aromatic N) is 1. The van der Waals surface area contributed by atoms with Gasteiger partial charge in [-0.15, -0.1) is 0 Å². The average Bonchev–Trinajstić information content (AvgIpc) is 2.72. The number of amides is 2. The maximum absolute atomic E-state index is 12.3. The van der Waals surface area contributed by atoms with Crippen molar-refractivity contribution in [3.8, 4) is 0 Å². The summed E-state index contributed by atoms with van der Waals surface area (Å²) in [5.74, 6) is -0.814. The van der Waals surface area contributed by atoms with Crippen LogP contribution >= 0.6 is 0 Å². The number of carbonyl (C=O) groups excluding carboxylic acids is 2. The third-order valence-corrected chi connectivity index (χ3v) is 3.22. The van der Waals surface area contributed by atoms with E-state index >= 15 is 0 Å². The van der Waals surface area contributed by atoms with Gasteiger partial charge in [0.15, 0.2) is 0 Å². The molecule has 98 valence electrons. The van der Waals surface area contributed by atoms with Crippen molar-refractivity contribution in [2.45, 2.75) is 0 Å². The molecule has 0 aliphatic carbocycles. The van der Waals surface area contributed by atoms with Gasteiger partial charge in [-0.3, -0.25) is 9.59 Å². The van der Waals surface area contributed by atoms with E-state index in [-0.39, 0.29) is 5.46 Å². The Morgan fingerprint density at radius 2 is 1.45 bits per heavy atom. The van der Waals surface area contributed by atoms with Crippen molar-refractivity contribution in [1.82, 2.24) is 0 Å². The van der Waals surface area contributed by atoms with Gasteiger partial charge in [0.05, 0.1) is 16.8 Å². The minimum atomic E-state index is -1.65. The maximum atomic E-state index is 12.3. The van der Waals surface area contributed by atoms with Crippen LogP contribution in [0.4, 0.5) is 5.69 Å². The van der Waals surface area contributed by atoms with Crippen molar-refractivity contribution >= 4 is 30.1 Å². The van der Waals surface area contributed by atoms with Gasteiger partial charge in [-0.1, -0.05) is 24.3 Å². The van der Waals surface area contributed by atoms with Gasteiger partial charge in [-0.05, 0) is 29.7 Å². The average molecular weight is 267 g/mol. The summed E-state index contributed by atoms with van der Waals surface area (Å²) in [6.45, 7) is 0. The Morgan fingerprint density at radius 3 is 2.00 bits per heavy atom. The van der Waals surface area contributed by atoms with Crippen LogP contribution < -0.4 is 10.4 Å². The fourth-order valence-electron chi connectivity index (χ4n) is 2.25. The van der Waals surface area contributed by atoms with Crippen LogP contribution in [0.15, 0.2) is 48.5 Å². The second-order valence-corrected chi connectivity index (χ2v) is 4.46. The summed E-state index contributed by atoms with van der Waals surface area (Å²) in [6.07, 6.45) is 0. The van der Waals surface area contributed by atoms with Gasteiger partial charge in [-0.2, -0.15) is 0 Å². The van der Waals surface area contributed by atoms with E-state index in [1.165, 1.54) is 12.1 Å². The fraction of sp³-hybridized carbons (Fsp3) is 0. The van der Waals surface area contributed by atoms with Crippen LogP contribution in [-0.4, -0.2) is 29.0 Å². The predicted molar refractivity (Wildman–Crippen MR) is 73.8 cm³/mol. The molecule has 2 aromatic carbocycles. The van der Waals surface area contributed by atoms with Gasteiger partial charge < -0.3 is 10.0 Å². The number of hydrogen-bond acceptors (Lipinski definition) is 4. The van der Waals surface area contributed by atoms with Crippen molar-refractivity contribution in [2.75, 3.05) is 4.90 Å². The molecule has 1 aliphatic rings. The quantitative estimate of drug-likeness (QED) is 0.600. The van der Waals surface area contributed by atoms with Crippen molar-refractivity contribution in [3.63, 3.8) is 0 Å². The molecule has 0 saturated heterocycles. The number of imide groups is 1. The normalized spacial score (nSPS) is 13.6. The van der Waals surface area contributed by atoms with Crippen molar-refractivity contribution in [1.29, 1.82) is 0 Å². The topological polar surface area (TPSA) is 77.8 Å². The first kappa shape index (κ1) is 12.6. The lowest BCUT2D eigenvalue weighted by atomic mass is 9.80. The van der Waals surface area contributed by atoms with E-state index < -0.39 is 18.9 Å². The summed E-state index contributed by atoms with van der Waals surface area (Å²) in [7, 11) is -1.65. The molecule has 2 aromatic rings. The molecule has 0 saturated carbocycles. The summed E-state index contributed by atoms with van der Waals surface area (Å²) >= 11 is 0. The predicted octanol–water partition coefficient (Wildman–Crippen LogP) is 0.167. The molecule has 5 nitrogen and oxygen atoms in total. The van der Waals surface area contributed by atoms with Gasteiger partial charge in [0.1, 0.15) is 0 Å². The highest BCUT2D eigenvalue weighted by Gasteiger charge is 2.36. The molecule has 0 radical (unpaired) electrons. The molecule has 2 amide bonds. The highest BCUT2D eigenvalue weighted by Crippen LogP contribution is 2.27. The third kappa shape index (κ3) is 1.82. The SMILES string of the molecule is O=C1c2ccccc2C(=O)N1c1cccc(B(O)O)c1. The first-order valence-electron chi connectivity index (χ1n) is 6.03. The molecule has 3 rings (SSSR count). The number of benzene rings is 2. The van der Waals surface area contributed by atoms with Crippen LogP contribution in [-0.2, 0) is 0 Å². The molecule has 0 fully saturated rings. The first-order valence-corrected chi connectivity index (χ1v) is 6.03. The summed E-state index contributed by atoms with van der Waals surface area (Å²) in [5, 5.41) is 18.3. The molecule has 0 bridgehead atoms. The molecule has 20 heavy (non-hydrogen) atoms. The standard InChI is InChI=1S/C14H10BNO4/c17-13-11-6-1-2-7-12(11)14(18)16(13)10-5-3-4-9(8-10)15(19)20/h1-8,19-20H. The second kappa shape index (κ2) is 4.59. The number of hydrogen-bond donors (Lipinski definition) is 2. The molecule has 0 atom stereocenters. The lowest BCUT2D eigenvalue weighted by molar-refractivity contribution is 0.0926. The Hall–Kier alpha value is -2.44. The molecule has 1 heterocycles. The Bertz CT molecular complexity index is 679. The maximum Gasteiger partial charge on any atom is 0.488 e. The Kier molecular flexibility index (Phi) is 2.89. The van der Waals surface area contributed by atoms with Crippen molar-refractivity contribution < 1.29 is 19.6 Å². The molecule has 6 heteroatoms. The van der Waals surface area contributed by atoms with Gasteiger partial charge in [0.2, 0.25) is 0 Å². The molecule has 2 N–H and O–H groups in total. The molecular weight excluding hydrogens is 257 g/mol. The molecule has 1 aliphatic heterocycles. The Balaban J connectivity index is 2.07. The van der Waals surface area contributed by atoms with E-state index in [1.807, 2.05) is 0 Å². The van der Waals surface area contributed by atoms with Gasteiger partial charge in [-0.25, -0.2) is 4.90 Å². The van der Waals surface area contributed by atoms with Crippen molar-refractivity contribution in [2.24, 2.45) is 0 Å². The summed E-state index contributed by atoms with van der Waals surface area (Å²) < 4.78 is 0. The highest BCUT2D eigenvalue weighted by atomic mass is 16.4. The van der Waals surface area contributed by atoms with Gasteiger partial charge in [0, 0.05) is 0 Å². The van der Waals surface area contributed by atoms with E-state index in [9.17, 15) is 9.59 Å². The Labute approximate surface area is 115 Å². The number of carbonyl (C=O) groups is 2. The molecule has 0 aromatic heterocycles. The number of anilines is 1.